The van der Waals surface area contributed by atoms with Crippen molar-refractivity contribution in [1.82, 2.24) is 9.78 Å². The van der Waals surface area contributed by atoms with Crippen LogP contribution >= 0.6 is 27.3 Å². The molecule has 1 amide bonds. The van der Waals surface area contributed by atoms with E-state index >= 15 is 0 Å². The van der Waals surface area contributed by atoms with Crippen LogP contribution in [-0.4, -0.2) is 15.7 Å². The predicted molar refractivity (Wildman–Crippen MR) is 123 cm³/mol. The van der Waals surface area contributed by atoms with Gasteiger partial charge in [-0.05, 0) is 52.5 Å². The summed E-state index contributed by atoms with van der Waals surface area (Å²) < 4.78 is 21.8. The highest BCUT2D eigenvalue weighted by molar-refractivity contribution is 9.10. The molecule has 0 aliphatic rings. The van der Waals surface area contributed by atoms with Gasteiger partial charge in [-0.25, -0.2) is 4.39 Å². The Balaban J connectivity index is 1.38. The molecule has 0 radical (unpaired) electrons. The van der Waals surface area contributed by atoms with Crippen molar-refractivity contribution in [3.8, 4) is 5.75 Å². The molecule has 158 valence electrons. The Labute approximate surface area is 191 Å². The summed E-state index contributed by atoms with van der Waals surface area (Å²) in [6.07, 6.45) is 1.71. The Bertz CT molecular complexity index is 1200. The lowest BCUT2D eigenvalue weighted by atomic mass is 10.2. The van der Waals surface area contributed by atoms with Gasteiger partial charge in [-0.2, -0.15) is 5.10 Å². The minimum Gasteiger partial charge on any atom is -0.489 e. The first kappa shape index (κ1) is 21.3. The van der Waals surface area contributed by atoms with Crippen molar-refractivity contribution in [2.45, 2.75) is 20.1 Å². The molecule has 0 saturated heterocycles. The number of amides is 1. The second-order valence-electron chi connectivity index (χ2n) is 6.99. The number of rotatable bonds is 7. The van der Waals surface area contributed by atoms with Crippen LogP contribution in [-0.2, 0) is 13.2 Å². The molecule has 1 N–H and O–H groups in total. The van der Waals surface area contributed by atoms with Crippen LogP contribution < -0.4 is 10.1 Å². The van der Waals surface area contributed by atoms with Crippen molar-refractivity contribution in [1.29, 1.82) is 0 Å². The van der Waals surface area contributed by atoms with Crippen LogP contribution in [0.3, 0.4) is 0 Å². The van der Waals surface area contributed by atoms with Gasteiger partial charge in [0.1, 0.15) is 18.2 Å². The maximum atomic E-state index is 13.9. The summed E-state index contributed by atoms with van der Waals surface area (Å²) in [7, 11) is 0. The maximum absolute atomic E-state index is 13.9. The molecule has 2 heterocycles. The van der Waals surface area contributed by atoms with Crippen LogP contribution in [0.2, 0.25) is 0 Å². The van der Waals surface area contributed by atoms with Gasteiger partial charge in [-0.1, -0.05) is 35.9 Å². The molecule has 2 aromatic heterocycles. The number of hydrogen-bond donors (Lipinski definition) is 1. The second kappa shape index (κ2) is 9.45. The van der Waals surface area contributed by atoms with Crippen LogP contribution in [0.5, 0.6) is 5.75 Å². The number of carbonyl (C=O) groups is 1. The van der Waals surface area contributed by atoms with Crippen molar-refractivity contribution in [2.75, 3.05) is 5.32 Å². The van der Waals surface area contributed by atoms with E-state index in [4.69, 9.17) is 4.74 Å². The Morgan fingerprint density at radius 1 is 1.23 bits per heavy atom. The van der Waals surface area contributed by atoms with Crippen molar-refractivity contribution >= 4 is 39.0 Å². The van der Waals surface area contributed by atoms with Crippen LogP contribution in [0, 0.1) is 12.7 Å². The first-order chi connectivity index (χ1) is 15.0. The van der Waals surface area contributed by atoms with E-state index in [1.807, 2.05) is 36.6 Å². The van der Waals surface area contributed by atoms with Crippen LogP contribution in [0.4, 0.5) is 10.2 Å². The van der Waals surface area contributed by atoms with Crippen molar-refractivity contribution < 1.29 is 13.9 Å². The highest BCUT2D eigenvalue weighted by Gasteiger charge is 2.15. The van der Waals surface area contributed by atoms with Crippen LogP contribution in [0.15, 0.2) is 70.6 Å². The summed E-state index contributed by atoms with van der Waals surface area (Å²) in [6.45, 7) is 2.67. The fraction of sp³-hybridized carbons (Fsp3) is 0.130. The molecule has 5 nitrogen and oxygen atoms in total. The maximum Gasteiger partial charge on any atom is 0.266 e. The first-order valence-corrected chi connectivity index (χ1v) is 11.2. The van der Waals surface area contributed by atoms with Gasteiger partial charge in [-0.3, -0.25) is 9.48 Å². The Morgan fingerprint density at radius 2 is 2.00 bits per heavy atom. The number of hydrogen-bond acceptors (Lipinski definition) is 4. The minimum absolute atomic E-state index is 0.261. The third-order valence-corrected chi connectivity index (χ3v) is 6.10. The molecule has 0 spiro atoms. The lowest BCUT2D eigenvalue weighted by Gasteiger charge is -2.04. The third kappa shape index (κ3) is 5.39. The molecular formula is C23H19BrFN3O2S. The molecule has 8 heteroatoms. The number of aromatic nitrogens is 2. The van der Waals surface area contributed by atoms with Gasteiger partial charge < -0.3 is 10.1 Å². The van der Waals surface area contributed by atoms with Gasteiger partial charge in [0.2, 0.25) is 0 Å². The SMILES string of the molecule is Cc1ccc(OCc2csc(C(=O)Nc3nn(Cc4ccccc4F)cc3Br)c2)cc1. The number of thiophene rings is 1. The zero-order chi connectivity index (χ0) is 21.8. The van der Waals surface area contributed by atoms with E-state index < -0.39 is 0 Å². The largest absolute Gasteiger partial charge is 0.489 e. The van der Waals surface area contributed by atoms with E-state index in [0.29, 0.717) is 27.3 Å². The molecule has 0 aliphatic carbocycles. The number of aryl methyl sites for hydroxylation is 1. The molecule has 0 fully saturated rings. The fourth-order valence-electron chi connectivity index (χ4n) is 2.90. The fourth-order valence-corrected chi connectivity index (χ4v) is 4.11. The second-order valence-corrected chi connectivity index (χ2v) is 8.76. The highest BCUT2D eigenvalue weighted by atomic mass is 79.9. The number of nitrogens with zero attached hydrogens (tertiary/aromatic N) is 2. The molecule has 4 aromatic rings. The molecule has 0 aliphatic heterocycles. The molecule has 0 unspecified atom stereocenters. The van der Waals surface area contributed by atoms with E-state index in [-0.39, 0.29) is 18.3 Å². The number of nitrogens with one attached hydrogen (secondary N) is 1. The molecule has 0 bridgehead atoms. The Kier molecular flexibility index (Phi) is 6.48. The number of ether oxygens (including phenoxy) is 1. The average molecular weight is 500 g/mol. The third-order valence-electron chi connectivity index (χ3n) is 4.54. The number of benzene rings is 2. The van der Waals surface area contributed by atoms with Gasteiger partial charge in [0.25, 0.3) is 5.91 Å². The molecular weight excluding hydrogens is 481 g/mol. The van der Waals surface area contributed by atoms with Gasteiger partial charge in [0.15, 0.2) is 5.82 Å². The first-order valence-electron chi connectivity index (χ1n) is 9.52. The standard InChI is InChI=1S/C23H19BrFN3O2S/c1-15-6-8-18(9-7-15)30-13-16-10-21(31-14-16)23(29)26-22-19(24)12-28(27-22)11-17-4-2-3-5-20(17)25/h2-10,12,14H,11,13H2,1H3,(H,26,27,29). The van der Waals surface area contributed by atoms with Crippen LogP contribution in [0.25, 0.3) is 0 Å². The zero-order valence-corrected chi connectivity index (χ0v) is 19.0. The zero-order valence-electron chi connectivity index (χ0n) is 16.6. The van der Waals surface area contributed by atoms with Gasteiger partial charge in [0, 0.05) is 17.3 Å². The molecule has 4 rings (SSSR count). The topological polar surface area (TPSA) is 56.1 Å². The Hall–Kier alpha value is -2.97. The van der Waals surface area contributed by atoms with Gasteiger partial charge in [0.05, 0.1) is 15.9 Å². The number of anilines is 1. The van der Waals surface area contributed by atoms with E-state index in [2.05, 4.69) is 26.3 Å². The van der Waals surface area contributed by atoms with E-state index in [1.54, 1.807) is 35.1 Å². The van der Waals surface area contributed by atoms with Crippen molar-refractivity contribution in [2.24, 2.45) is 0 Å². The lowest BCUT2D eigenvalue weighted by Crippen LogP contribution is -2.12. The summed E-state index contributed by atoms with van der Waals surface area (Å²) in [5, 5.41) is 9.05. The van der Waals surface area contributed by atoms with E-state index in [9.17, 15) is 9.18 Å². The summed E-state index contributed by atoms with van der Waals surface area (Å²) in [5.74, 6) is 0.612. The molecule has 2 aromatic carbocycles. The normalized spacial score (nSPS) is 10.8. The van der Waals surface area contributed by atoms with E-state index in [1.165, 1.54) is 23.0 Å². The van der Waals surface area contributed by atoms with E-state index in [0.717, 1.165) is 11.3 Å². The Morgan fingerprint density at radius 3 is 2.77 bits per heavy atom. The van der Waals surface area contributed by atoms with Crippen molar-refractivity contribution in [3.05, 3.63) is 98.0 Å². The summed E-state index contributed by atoms with van der Waals surface area (Å²) in [5.41, 5.74) is 2.61. The van der Waals surface area contributed by atoms with Crippen LogP contribution in [0.1, 0.15) is 26.4 Å². The molecule has 0 atom stereocenters. The monoisotopic (exact) mass is 499 g/mol. The molecule has 0 saturated carbocycles. The molecule has 31 heavy (non-hydrogen) atoms. The van der Waals surface area contributed by atoms with Gasteiger partial charge >= 0.3 is 0 Å². The summed E-state index contributed by atoms with van der Waals surface area (Å²) >= 11 is 4.74. The predicted octanol–water partition coefficient (Wildman–Crippen LogP) is 6.03. The lowest BCUT2D eigenvalue weighted by molar-refractivity contribution is 0.103. The number of carbonyl (C=O) groups excluding carboxylic acids is 1. The highest BCUT2D eigenvalue weighted by Crippen LogP contribution is 2.24. The minimum atomic E-state index is -0.293. The quantitative estimate of drug-likeness (QED) is 0.337. The van der Waals surface area contributed by atoms with Gasteiger partial charge in [-0.15, -0.1) is 11.3 Å². The van der Waals surface area contributed by atoms with Crippen molar-refractivity contribution in [3.63, 3.8) is 0 Å². The smallest absolute Gasteiger partial charge is 0.266 e. The summed E-state index contributed by atoms with van der Waals surface area (Å²) in [6, 6.07) is 16.2. The number of halogens is 2. The summed E-state index contributed by atoms with van der Waals surface area (Å²) in [4.78, 5) is 13.2. The average Bonchev–Trinajstić information content (AvgIpc) is 3.36.